The monoisotopic (exact) mass is 383 g/mol. The highest BCUT2D eigenvalue weighted by Crippen LogP contribution is 2.29. The number of ether oxygens (including phenoxy) is 2. The Balaban J connectivity index is 1.72. The summed E-state index contributed by atoms with van der Waals surface area (Å²) in [5.74, 6) is 0.245. The summed E-state index contributed by atoms with van der Waals surface area (Å²) >= 11 is 0. The number of benzene rings is 2. The average Bonchev–Trinajstić information content (AvgIpc) is 2.70. The van der Waals surface area contributed by atoms with Crippen LogP contribution in [0.25, 0.3) is 11.3 Å². The lowest BCUT2D eigenvalue weighted by Gasteiger charge is -2.11. The molecule has 0 aliphatic heterocycles. The van der Waals surface area contributed by atoms with E-state index in [0.29, 0.717) is 28.4 Å². The lowest BCUT2D eigenvalue weighted by atomic mass is 10.1. The molecule has 1 heterocycles. The fraction of sp³-hybridized carbons (Fsp3) is 0.150. The summed E-state index contributed by atoms with van der Waals surface area (Å²) in [6.45, 7) is -0.204. The number of anilines is 1. The molecule has 0 fully saturated rings. The van der Waals surface area contributed by atoms with Crippen LogP contribution in [-0.4, -0.2) is 29.7 Å². The molecule has 0 radical (unpaired) electrons. The van der Waals surface area contributed by atoms with Crippen molar-refractivity contribution in [2.24, 2.45) is 0 Å². The highest BCUT2D eigenvalue weighted by molar-refractivity contribution is 5.90. The smallest absolute Gasteiger partial charge is 0.254 e. The molecule has 0 atom stereocenters. The van der Waals surface area contributed by atoms with Gasteiger partial charge in [0.15, 0.2) is 11.5 Å². The van der Waals surface area contributed by atoms with Gasteiger partial charge < -0.3 is 14.8 Å². The summed E-state index contributed by atoms with van der Waals surface area (Å²) in [4.78, 5) is 28.7. The molecule has 0 aliphatic carbocycles. The van der Waals surface area contributed by atoms with E-state index in [0.717, 1.165) is 0 Å². The lowest BCUT2D eigenvalue weighted by Crippen LogP contribution is -2.27. The van der Waals surface area contributed by atoms with Gasteiger partial charge in [0.2, 0.25) is 5.91 Å². The van der Waals surface area contributed by atoms with Crippen molar-refractivity contribution in [2.45, 2.75) is 6.54 Å². The number of rotatable bonds is 6. The number of methoxy groups -OCH3 is 2. The van der Waals surface area contributed by atoms with Crippen LogP contribution in [0.2, 0.25) is 0 Å². The fourth-order valence-corrected chi connectivity index (χ4v) is 2.59. The van der Waals surface area contributed by atoms with E-state index in [1.165, 1.54) is 55.4 Å². The van der Waals surface area contributed by atoms with Gasteiger partial charge in [0, 0.05) is 23.4 Å². The number of nitrogens with zero attached hydrogens (tertiary/aromatic N) is 2. The minimum atomic E-state index is -0.398. The third-order valence-corrected chi connectivity index (χ3v) is 4.00. The Bertz CT molecular complexity index is 1050. The van der Waals surface area contributed by atoms with E-state index in [-0.39, 0.29) is 12.4 Å². The van der Waals surface area contributed by atoms with Gasteiger partial charge in [0.1, 0.15) is 12.4 Å². The molecule has 28 heavy (non-hydrogen) atoms. The number of halogens is 1. The molecule has 0 saturated carbocycles. The Morgan fingerprint density at radius 2 is 1.79 bits per heavy atom. The Kier molecular flexibility index (Phi) is 5.69. The second kappa shape index (κ2) is 8.34. The largest absolute Gasteiger partial charge is 0.493 e. The van der Waals surface area contributed by atoms with Gasteiger partial charge in [-0.15, -0.1) is 0 Å². The molecule has 0 bridgehead atoms. The number of hydrogen-bond donors (Lipinski definition) is 1. The summed E-state index contributed by atoms with van der Waals surface area (Å²) in [6, 6.07) is 11.9. The molecule has 0 aliphatic rings. The van der Waals surface area contributed by atoms with Gasteiger partial charge in [0.05, 0.1) is 26.2 Å². The first-order chi connectivity index (χ1) is 13.5. The molecule has 0 unspecified atom stereocenters. The summed E-state index contributed by atoms with van der Waals surface area (Å²) in [5, 5.41) is 2.69. The van der Waals surface area contributed by atoms with Crippen molar-refractivity contribution in [3.8, 4) is 22.8 Å². The molecule has 8 heteroatoms. The fourth-order valence-electron chi connectivity index (χ4n) is 2.59. The van der Waals surface area contributed by atoms with Crippen LogP contribution in [0, 0.1) is 5.82 Å². The van der Waals surface area contributed by atoms with E-state index >= 15 is 0 Å². The van der Waals surface area contributed by atoms with Crippen LogP contribution in [0.4, 0.5) is 10.1 Å². The molecule has 0 saturated heterocycles. The summed E-state index contributed by atoms with van der Waals surface area (Å²) < 4.78 is 24.5. The van der Waals surface area contributed by atoms with Crippen LogP contribution in [0.15, 0.2) is 59.7 Å². The molecular weight excluding hydrogens is 365 g/mol. The number of hydrogen-bond acceptors (Lipinski definition) is 5. The van der Waals surface area contributed by atoms with Gasteiger partial charge in [-0.05, 0) is 36.4 Å². The Morgan fingerprint density at radius 1 is 1.07 bits per heavy atom. The molecule has 3 rings (SSSR count). The normalized spacial score (nSPS) is 10.4. The zero-order valence-corrected chi connectivity index (χ0v) is 15.3. The first kappa shape index (κ1) is 19.1. The summed E-state index contributed by atoms with van der Waals surface area (Å²) in [5.41, 5.74) is 1.13. The number of amides is 1. The molecular formula is C20H18FN3O4. The number of nitrogens with one attached hydrogen (secondary N) is 1. The highest BCUT2D eigenvalue weighted by Gasteiger charge is 2.10. The zero-order chi connectivity index (χ0) is 20.1. The van der Waals surface area contributed by atoms with Crippen LogP contribution in [-0.2, 0) is 11.3 Å². The third-order valence-electron chi connectivity index (χ3n) is 4.00. The van der Waals surface area contributed by atoms with Gasteiger partial charge in [0.25, 0.3) is 5.56 Å². The van der Waals surface area contributed by atoms with E-state index in [1.54, 1.807) is 18.2 Å². The van der Waals surface area contributed by atoms with Crippen LogP contribution in [0.1, 0.15) is 0 Å². The maximum absolute atomic E-state index is 13.0. The maximum atomic E-state index is 13.0. The molecule has 2 aromatic carbocycles. The van der Waals surface area contributed by atoms with Crippen LogP contribution >= 0.6 is 0 Å². The van der Waals surface area contributed by atoms with Crippen molar-refractivity contribution in [1.29, 1.82) is 0 Å². The minimum Gasteiger partial charge on any atom is -0.493 e. The first-order valence-corrected chi connectivity index (χ1v) is 8.34. The predicted molar refractivity (Wildman–Crippen MR) is 102 cm³/mol. The zero-order valence-electron chi connectivity index (χ0n) is 15.3. The molecule has 3 aromatic rings. The number of carbonyl (C=O) groups excluding carboxylic acids is 1. The SMILES string of the molecule is COc1ccc(NC(=O)Cn2cnc(-c3ccc(F)cc3)cc2=O)cc1OC. The van der Waals surface area contributed by atoms with Gasteiger partial charge in [-0.3, -0.25) is 14.2 Å². The highest BCUT2D eigenvalue weighted by atomic mass is 19.1. The van der Waals surface area contributed by atoms with E-state index < -0.39 is 11.5 Å². The minimum absolute atomic E-state index is 0.204. The summed E-state index contributed by atoms with van der Waals surface area (Å²) in [6.07, 6.45) is 1.29. The molecule has 1 amide bonds. The maximum Gasteiger partial charge on any atom is 0.254 e. The first-order valence-electron chi connectivity index (χ1n) is 8.34. The van der Waals surface area contributed by atoms with Crippen molar-refractivity contribution in [1.82, 2.24) is 9.55 Å². The van der Waals surface area contributed by atoms with Gasteiger partial charge >= 0.3 is 0 Å². The van der Waals surface area contributed by atoms with Crippen molar-refractivity contribution in [2.75, 3.05) is 19.5 Å². The standard InChI is InChI=1S/C20H18FN3O4/c1-27-17-8-7-15(9-18(17)28-2)23-19(25)11-24-12-22-16(10-20(24)26)13-3-5-14(21)6-4-13/h3-10,12H,11H2,1-2H3,(H,23,25). The van der Waals surface area contributed by atoms with Gasteiger partial charge in [-0.25, -0.2) is 9.37 Å². The molecule has 1 aromatic heterocycles. The molecule has 0 spiro atoms. The van der Waals surface area contributed by atoms with Crippen molar-refractivity contribution in [3.05, 3.63) is 71.0 Å². The third kappa shape index (κ3) is 4.35. The Morgan fingerprint density at radius 3 is 2.43 bits per heavy atom. The molecule has 1 N–H and O–H groups in total. The molecule has 7 nitrogen and oxygen atoms in total. The number of carbonyl (C=O) groups is 1. The van der Waals surface area contributed by atoms with Crippen LogP contribution in [0.5, 0.6) is 11.5 Å². The number of aromatic nitrogens is 2. The second-order valence-corrected chi connectivity index (χ2v) is 5.87. The van der Waals surface area contributed by atoms with Crippen molar-refractivity contribution >= 4 is 11.6 Å². The van der Waals surface area contributed by atoms with Gasteiger partial charge in [-0.2, -0.15) is 0 Å². The van der Waals surface area contributed by atoms with Crippen LogP contribution < -0.4 is 20.3 Å². The topological polar surface area (TPSA) is 82.5 Å². The lowest BCUT2D eigenvalue weighted by molar-refractivity contribution is -0.116. The van der Waals surface area contributed by atoms with Crippen molar-refractivity contribution in [3.63, 3.8) is 0 Å². The summed E-state index contributed by atoms with van der Waals surface area (Å²) in [7, 11) is 3.02. The van der Waals surface area contributed by atoms with Crippen molar-refractivity contribution < 1.29 is 18.7 Å². The second-order valence-electron chi connectivity index (χ2n) is 5.87. The predicted octanol–water partition coefficient (Wildman–Crippen LogP) is 2.71. The van der Waals surface area contributed by atoms with E-state index in [9.17, 15) is 14.0 Å². The average molecular weight is 383 g/mol. The van der Waals surface area contributed by atoms with Crippen LogP contribution in [0.3, 0.4) is 0 Å². The quantitative estimate of drug-likeness (QED) is 0.708. The Labute approximate surface area is 160 Å². The van der Waals surface area contributed by atoms with E-state index in [2.05, 4.69) is 10.3 Å². The van der Waals surface area contributed by atoms with E-state index in [4.69, 9.17) is 9.47 Å². The Hall–Kier alpha value is -3.68. The van der Waals surface area contributed by atoms with E-state index in [1.807, 2.05) is 0 Å². The molecule has 144 valence electrons. The van der Waals surface area contributed by atoms with Gasteiger partial charge in [-0.1, -0.05) is 0 Å².